The summed E-state index contributed by atoms with van der Waals surface area (Å²) in [6.45, 7) is 0. The molecular formula is C14H10ClF3N4OS. The molecule has 3 N–H and O–H groups in total. The van der Waals surface area contributed by atoms with Crippen molar-refractivity contribution >= 4 is 40.5 Å². The predicted octanol–water partition coefficient (Wildman–Crippen LogP) is 3.39. The molecule has 2 aromatic rings. The van der Waals surface area contributed by atoms with E-state index in [1.54, 1.807) is 0 Å². The fourth-order valence-electron chi connectivity index (χ4n) is 1.67. The number of hydrogen-bond acceptors (Lipinski definition) is 3. The number of alkyl halides is 3. The molecule has 10 heteroatoms. The molecule has 0 atom stereocenters. The van der Waals surface area contributed by atoms with E-state index in [1.807, 2.05) is 0 Å². The van der Waals surface area contributed by atoms with Gasteiger partial charge in [-0.05, 0) is 42.5 Å². The number of benzene rings is 1. The van der Waals surface area contributed by atoms with E-state index >= 15 is 0 Å². The summed E-state index contributed by atoms with van der Waals surface area (Å²) in [5.41, 5.74) is 4.12. The minimum absolute atomic E-state index is 0.0717. The van der Waals surface area contributed by atoms with Crippen molar-refractivity contribution in [3.05, 3.63) is 58.9 Å². The highest BCUT2D eigenvalue weighted by Crippen LogP contribution is 2.36. The standard InChI is InChI=1S/C14H10ClF3N4OS/c15-11-2-1-9(7-10(11)14(16,17)18)20-13(24)22-21-12(23)8-3-5-19-6-4-8/h1-7H,(H,21,23)(H2,20,22,24). The number of hydrazine groups is 1. The fraction of sp³-hybridized carbons (Fsp3) is 0.0714. The Morgan fingerprint density at radius 2 is 1.79 bits per heavy atom. The van der Waals surface area contributed by atoms with Crippen LogP contribution in [-0.2, 0) is 6.18 Å². The molecule has 0 fully saturated rings. The Morgan fingerprint density at radius 3 is 2.42 bits per heavy atom. The molecule has 2 rings (SSSR count). The Labute approximate surface area is 145 Å². The Balaban J connectivity index is 1.97. The lowest BCUT2D eigenvalue weighted by atomic mass is 10.2. The van der Waals surface area contributed by atoms with Crippen molar-refractivity contribution in [3.8, 4) is 0 Å². The van der Waals surface area contributed by atoms with Gasteiger partial charge < -0.3 is 5.32 Å². The lowest BCUT2D eigenvalue weighted by Gasteiger charge is -2.14. The van der Waals surface area contributed by atoms with Crippen molar-refractivity contribution in [1.82, 2.24) is 15.8 Å². The van der Waals surface area contributed by atoms with Crippen molar-refractivity contribution in [2.24, 2.45) is 0 Å². The van der Waals surface area contributed by atoms with E-state index in [0.29, 0.717) is 5.56 Å². The van der Waals surface area contributed by atoms with Crippen molar-refractivity contribution in [2.75, 3.05) is 5.32 Å². The molecule has 5 nitrogen and oxygen atoms in total. The molecule has 0 unspecified atom stereocenters. The predicted molar refractivity (Wildman–Crippen MR) is 87.5 cm³/mol. The van der Waals surface area contributed by atoms with Gasteiger partial charge in [-0.25, -0.2) is 0 Å². The zero-order valence-corrected chi connectivity index (χ0v) is 13.4. The fourth-order valence-corrected chi connectivity index (χ4v) is 2.07. The number of thiocarbonyl (C=S) groups is 1. The summed E-state index contributed by atoms with van der Waals surface area (Å²) in [7, 11) is 0. The van der Waals surface area contributed by atoms with Gasteiger partial charge in [0.1, 0.15) is 0 Å². The molecular weight excluding hydrogens is 365 g/mol. The van der Waals surface area contributed by atoms with E-state index in [2.05, 4.69) is 21.2 Å². The number of amides is 1. The molecule has 0 aliphatic heterocycles. The second-order valence-electron chi connectivity index (χ2n) is 4.46. The van der Waals surface area contributed by atoms with Crippen molar-refractivity contribution < 1.29 is 18.0 Å². The van der Waals surface area contributed by atoms with Gasteiger partial charge in [0.25, 0.3) is 5.91 Å². The van der Waals surface area contributed by atoms with E-state index < -0.39 is 22.7 Å². The first-order valence-electron chi connectivity index (χ1n) is 6.41. The Kier molecular flexibility index (Phi) is 5.58. The third kappa shape index (κ3) is 4.80. The maximum absolute atomic E-state index is 12.8. The van der Waals surface area contributed by atoms with Crippen LogP contribution in [0, 0.1) is 0 Å². The molecule has 0 saturated heterocycles. The van der Waals surface area contributed by atoms with Gasteiger partial charge in [0.15, 0.2) is 5.11 Å². The van der Waals surface area contributed by atoms with Crippen LogP contribution >= 0.6 is 23.8 Å². The van der Waals surface area contributed by atoms with Crippen LogP contribution in [0.4, 0.5) is 18.9 Å². The Bertz CT molecular complexity index is 755. The van der Waals surface area contributed by atoms with Gasteiger partial charge in [0.2, 0.25) is 0 Å². The second-order valence-corrected chi connectivity index (χ2v) is 5.28. The first-order valence-corrected chi connectivity index (χ1v) is 7.20. The summed E-state index contributed by atoms with van der Waals surface area (Å²) in [5.74, 6) is -0.478. The average Bonchev–Trinajstić information content (AvgIpc) is 2.54. The molecule has 0 aliphatic rings. The zero-order valence-electron chi connectivity index (χ0n) is 11.8. The van der Waals surface area contributed by atoms with Crippen LogP contribution < -0.4 is 16.2 Å². The summed E-state index contributed by atoms with van der Waals surface area (Å²) in [4.78, 5) is 15.5. The number of halogens is 4. The summed E-state index contributed by atoms with van der Waals surface area (Å²) >= 11 is 10.4. The number of nitrogens with one attached hydrogen (secondary N) is 3. The van der Waals surface area contributed by atoms with Crippen LogP contribution in [0.25, 0.3) is 0 Å². The normalized spacial score (nSPS) is 10.8. The van der Waals surface area contributed by atoms with Crippen LogP contribution in [0.3, 0.4) is 0 Å². The van der Waals surface area contributed by atoms with Crippen molar-refractivity contribution in [1.29, 1.82) is 0 Å². The highest BCUT2D eigenvalue weighted by atomic mass is 35.5. The van der Waals surface area contributed by atoms with Crippen LogP contribution in [0.5, 0.6) is 0 Å². The largest absolute Gasteiger partial charge is 0.417 e. The summed E-state index contributed by atoms with van der Waals surface area (Å²) in [5, 5.41) is 2.01. The maximum Gasteiger partial charge on any atom is 0.417 e. The van der Waals surface area contributed by atoms with Gasteiger partial charge in [-0.1, -0.05) is 11.6 Å². The molecule has 1 heterocycles. The minimum atomic E-state index is -4.58. The van der Waals surface area contributed by atoms with Crippen LogP contribution in [0.1, 0.15) is 15.9 Å². The first kappa shape index (κ1) is 18.0. The van der Waals surface area contributed by atoms with Gasteiger partial charge in [0, 0.05) is 23.6 Å². The SMILES string of the molecule is O=C(NNC(=S)Nc1ccc(Cl)c(C(F)(F)F)c1)c1ccncc1. The van der Waals surface area contributed by atoms with Gasteiger partial charge in [-0.2, -0.15) is 13.2 Å². The number of carbonyl (C=O) groups excluding carboxylic acids is 1. The monoisotopic (exact) mass is 374 g/mol. The van der Waals surface area contributed by atoms with E-state index in [-0.39, 0.29) is 10.8 Å². The average molecular weight is 375 g/mol. The van der Waals surface area contributed by atoms with Gasteiger partial charge >= 0.3 is 6.18 Å². The van der Waals surface area contributed by atoms with Gasteiger partial charge in [-0.3, -0.25) is 20.6 Å². The van der Waals surface area contributed by atoms with Crippen molar-refractivity contribution in [3.63, 3.8) is 0 Å². The first-order chi connectivity index (χ1) is 11.3. The quantitative estimate of drug-likeness (QED) is 0.555. The number of pyridine rings is 1. The Hall–Kier alpha value is -2.39. The molecule has 0 spiro atoms. The van der Waals surface area contributed by atoms with E-state index in [4.69, 9.17) is 23.8 Å². The summed E-state index contributed by atoms with van der Waals surface area (Å²) < 4.78 is 38.4. The molecule has 1 amide bonds. The van der Waals surface area contributed by atoms with Crippen molar-refractivity contribution in [2.45, 2.75) is 6.18 Å². The summed E-state index contributed by atoms with van der Waals surface area (Å²) in [6.07, 6.45) is -1.70. The molecule has 0 bridgehead atoms. The molecule has 126 valence electrons. The molecule has 1 aromatic carbocycles. The third-order valence-electron chi connectivity index (χ3n) is 2.76. The third-order valence-corrected chi connectivity index (χ3v) is 3.30. The number of rotatable bonds is 2. The van der Waals surface area contributed by atoms with Gasteiger partial charge in [-0.15, -0.1) is 0 Å². The van der Waals surface area contributed by atoms with Gasteiger partial charge in [0.05, 0.1) is 10.6 Å². The second kappa shape index (κ2) is 7.45. The zero-order chi connectivity index (χ0) is 17.7. The van der Waals surface area contributed by atoms with E-state index in [0.717, 1.165) is 12.1 Å². The molecule has 0 aliphatic carbocycles. The topological polar surface area (TPSA) is 66.1 Å². The highest BCUT2D eigenvalue weighted by molar-refractivity contribution is 7.80. The molecule has 0 radical (unpaired) electrons. The van der Waals surface area contributed by atoms with E-state index in [1.165, 1.54) is 30.6 Å². The smallest absolute Gasteiger partial charge is 0.331 e. The van der Waals surface area contributed by atoms with Crippen LogP contribution in [0.15, 0.2) is 42.7 Å². The molecule has 24 heavy (non-hydrogen) atoms. The number of carbonyl (C=O) groups is 1. The number of aromatic nitrogens is 1. The minimum Gasteiger partial charge on any atom is -0.331 e. The van der Waals surface area contributed by atoms with E-state index in [9.17, 15) is 18.0 Å². The number of nitrogens with zero attached hydrogens (tertiary/aromatic N) is 1. The number of hydrogen-bond donors (Lipinski definition) is 3. The maximum atomic E-state index is 12.8. The Morgan fingerprint density at radius 1 is 1.12 bits per heavy atom. The van der Waals surface area contributed by atoms with Crippen LogP contribution in [0.2, 0.25) is 5.02 Å². The lowest BCUT2D eigenvalue weighted by Crippen LogP contribution is -2.43. The highest BCUT2D eigenvalue weighted by Gasteiger charge is 2.33. The molecule has 1 aromatic heterocycles. The summed E-state index contributed by atoms with van der Waals surface area (Å²) in [6, 6.07) is 6.23. The lowest BCUT2D eigenvalue weighted by molar-refractivity contribution is -0.137. The molecule has 0 saturated carbocycles. The number of anilines is 1. The van der Waals surface area contributed by atoms with Crippen LogP contribution in [-0.4, -0.2) is 16.0 Å².